The first-order valence-electron chi connectivity index (χ1n) is 8.75. The monoisotopic (exact) mass is 336 g/mol. The van der Waals surface area contributed by atoms with Gasteiger partial charge in [0.25, 0.3) is 0 Å². The first-order chi connectivity index (χ1) is 12.0. The number of ketones is 1. The largest absolute Gasteiger partial charge is 0.325 e. The van der Waals surface area contributed by atoms with Crippen LogP contribution in [0.5, 0.6) is 0 Å². The zero-order chi connectivity index (χ0) is 17.8. The van der Waals surface area contributed by atoms with Crippen molar-refractivity contribution in [2.75, 3.05) is 18.4 Å². The van der Waals surface area contributed by atoms with Gasteiger partial charge in [-0.1, -0.05) is 30.3 Å². The molecule has 3 rings (SSSR count). The van der Waals surface area contributed by atoms with Gasteiger partial charge in [0.15, 0.2) is 5.78 Å². The van der Waals surface area contributed by atoms with Crippen molar-refractivity contribution in [1.29, 1.82) is 0 Å². The van der Waals surface area contributed by atoms with E-state index < -0.39 is 0 Å². The number of nitrogens with one attached hydrogen (secondary N) is 1. The van der Waals surface area contributed by atoms with Crippen LogP contribution in [0.15, 0.2) is 54.6 Å². The van der Waals surface area contributed by atoms with Gasteiger partial charge in [0, 0.05) is 17.8 Å². The zero-order valence-electron chi connectivity index (χ0n) is 14.7. The first kappa shape index (κ1) is 17.4. The number of hydrogen-bond donors (Lipinski definition) is 1. The molecule has 0 aromatic heterocycles. The molecule has 1 aliphatic heterocycles. The molecule has 1 aliphatic rings. The van der Waals surface area contributed by atoms with E-state index in [-0.39, 0.29) is 17.7 Å². The number of rotatable bonds is 5. The van der Waals surface area contributed by atoms with E-state index >= 15 is 0 Å². The molecule has 0 bridgehead atoms. The van der Waals surface area contributed by atoms with Crippen molar-refractivity contribution in [1.82, 2.24) is 4.90 Å². The standard InChI is InChI=1S/C21H24N2O2/c1-15(21(25)22-20-10-8-17(9-11-20)16(2)24)23-13-12-19(14-23)18-6-4-3-5-7-18/h3-11,15,19H,12-14H2,1-2H3,(H,22,25)/t15-,19-/m0/s1. The van der Waals surface area contributed by atoms with E-state index in [9.17, 15) is 9.59 Å². The number of carbonyl (C=O) groups excluding carboxylic acids is 2. The number of anilines is 1. The second-order valence-corrected chi connectivity index (χ2v) is 6.69. The highest BCUT2D eigenvalue weighted by Crippen LogP contribution is 2.28. The summed E-state index contributed by atoms with van der Waals surface area (Å²) in [6.07, 6.45) is 1.08. The molecule has 1 amide bonds. The minimum Gasteiger partial charge on any atom is -0.325 e. The Kier molecular flexibility index (Phi) is 5.29. The first-order valence-corrected chi connectivity index (χ1v) is 8.75. The van der Waals surface area contributed by atoms with Gasteiger partial charge in [0.1, 0.15) is 0 Å². The fourth-order valence-electron chi connectivity index (χ4n) is 3.34. The molecule has 0 spiro atoms. The van der Waals surface area contributed by atoms with Crippen LogP contribution in [-0.4, -0.2) is 35.7 Å². The summed E-state index contributed by atoms with van der Waals surface area (Å²) < 4.78 is 0. The number of benzene rings is 2. The van der Waals surface area contributed by atoms with Crippen LogP contribution in [0.3, 0.4) is 0 Å². The van der Waals surface area contributed by atoms with Crippen molar-refractivity contribution >= 4 is 17.4 Å². The van der Waals surface area contributed by atoms with Crippen LogP contribution in [0.1, 0.15) is 42.1 Å². The Morgan fingerprint density at radius 3 is 2.40 bits per heavy atom. The van der Waals surface area contributed by atoms with E-state index in [1.165, 1.54) is 12.5 Å². The molecule has 4 heteroatoms. The summed E-state index contributed by atoms with van der Waals surface area (Å²) in [7, 11) is 0. The number of amides is 1. The molecule has 0 radical (unpaired) electrons. The predicted octanol–water partition coefficient (Wildman–Crippen LogP) is 3.71. The SMILES string of the molecule is CC(=O)c1ccc(NC(=O)[C@H](C)N2CC[C@H](c3ccccc3)C2)cc1. The van der Waals surface area contributed by atoms with Crippen molar-refractivity contribution in [3.8, 4) is 0 Å². The van der Waals surface area contributed by atoms with Crippen molar-refractivity contribution in [2.45, 2.75) is 32.2 Å². The maximum atomic E-state index is 12.5. The minimum absolute atomic E-state index is 0.00992. The molecule has 1 fully saturated rings. The van der Waals surface area contributed by atoms with E-state index in [1.807, 2.05) is 13.0 Å². The maximum Gasteiger partial charge on any atom is 0.241 e. The van der Waals surface area contributed by atoms with Gasteiger partial charge in [-0.3, -0.25) is 14.5 Å². The fourth-order valence-corrected chi connectivity index (χ4v) is 3.34. The molecule has 0 unspecified atom stereocenters. The number of nitrogens with zero attached hydrogens (tertiary/aromatic N) is 1. The van der Waals surface area contributed by atoms with E-state index in [2.05, 4.69) is 34.5 Å². The zero-order valence-corrected chi connectivity index (χ0v) is 14.7. The van der Waals surface area contributed by atoms with Gasteiger partial charge in [-0.15, -0.1) is 0 Å². The number of carbonyl (C=O) groups is 2. The Morgan fingerprint density at radius 1 is 1.08 bits per heavy atom. The molecule has 2 aromatic carbocycles. The predicted molar refractivity (Wildman–Crippen MR) is 99.9 cm³/mol. The lowest BCUT2D eigenvalue weighted by Crippen LogP contribution is -2.40. The number of Topliss-reactive ketones (excluding diaryl/α,β-unsaturated/α-hetero) is 1. The van der Waals surface area contributed by atoms with Gasteiger partial charge in [0.2, 0.25) is 5.91 Å². The smallest absolute Gasteiger partial charge is 0.241 e. The van der Waals surface area contributed by atoms with Gasteiger partial charge in [-0.05, 0) is 62.6 Å². The van der Waals surface area contributed by atoms with Crippen LogP contribution in [0, 0.1) is 0 Å². The average molecular weight is 336 g/mol. The Hall–Kier alpha value is -2.46. The summed E-state index contributed by atoms with van der Waals surface area (Å²) in [6, 6.07) is 17.3. The fraction of sp³-hybridized carbons (Fsp3) is 0.333. The summed E-state index contributed by atoms with van der Waals surface area (Å²) in [4.78, 5) is 26.1. The van der Waals surface area contributed by atoms with Crippen LogP contribution in [-0.2, 0) is 4.79 Å². The molecule has 2 atom stereocenters. The summed E-state index contributed by atoms with van der Waals surface area (Å²) in [5.41, 5.74) is 2.72. The topological polar surface area (TPSA) is 49.4 Å². The van der Waals surface area contributed by atoms with Gasteiger partial charge in [-0.25, -0.2) is 0 Å². The van der Waals surface area contributed by atoms with Crippen molar-refractivity contribution in [2.24, 2.45) is 0 Å². The highest BCUT2D eigenvalue weighted by molar-refractivity contribution is 5.97. The highest BCUT2D eigenvalue weighted by Gasteiger charge is 2.30. The van der Waals surface area contributed by atoms with E-state index in [0.717, 1.165) is 25.2 Å². The lowest BCUT2D eigenvalue weighted by Gasteiger charge is -2.23. The maximum absolute atomic E-state index is 12.5. The third kappa shape index (κ3) is 4.15. The van der Waals surface area contributed by atoms with Gasteiger partial charge in [0.05, 0.1) is 6.04 Å². The third-order valence-corrected chi connectivity index (χ3v) is 4.98. The molecule has 1 N–H and O–H groups in total. The van der Waals surface area contributed by atoms with Crippen LogP contribution in [0.2, 0.25) is 0 Å². The lowest BCUT2D eigenvalue weighted by molar-refractivity contribution is -0.120. The second-order valence-electron chi connectivity index (χ2n) is 6.69. The molecule has 25 heavy (non-hydrogen) atoms. The Balaban J connectivity index is 1.58. The van der Waals surface area contributed by atoms with E-state index in [0.29, 0.717) is 11.5 Å². The van der Waals surface area contributed by atoms with Crippen LogP contribution in [0.25, 0.3) is 0 Å². The second kappa shape index (κ2) is 7.62. The Bertz CT molecular complexity index is 740. The van der Waals surface area contributed by atoms with Gasteiger partial charge < -0.3 is 5.32 Å². The quantitative estimate of drug-likeness (QED) is 0.847. The molecule has 4 nitrogen and oxygen atoms in total. The van der Waals surface area contributed by atoms with Crippen molar-refractivity contribution < 1.29 is 9.59 Å². The average Bonchev–Trinajstić information content (AvgIpc) is 3.12. The molecule has 0 aliphatic carbocycles. The highest BCUT2D eigenvalue weighted by atomic mass is 16.2. The Morgan fingerprint density at radius 2 is 1.76 bits per heavy atom. The summed E-state index contributed by atoms with van der Waals surface area (Å²) in [5.74, 6) is 0.505. The third-order valence-electron chi connectivity index (χ3n) is 4.98. The van der Waals surface area contributed by atoms with Crippen LogP contribution >= 0.6 is 0 Å². The summed E-state index contributed by atoms with van der Waals surface area (Å²) >= 11 is 0. The molecular formula is C21H24N2O2. The van der Waals surface area contributed by atoms with E-state index in [1.54, 1.807) is 24.3 Å². The molecule has 0 saturated carbocycles. The lowest BCUT2D eigenvalue weighted by atomic mass is 9.99. The van der Waals surface area contributed by atoms with E-state index in [4.69, 9.17) is 0 Å². The normalized spacial score (nSPS) is 18.7. The van der Waals surface area contributed by atoms with Gasteiger partial charge in [-0.2, -0.15) is 0 Å². The minimum atomic E-state index is -0.179. The Labute approximate surface area is 148 Å². The van der Waals surface area contributed by atoms with Crippen molar-refractivity contribution in [3.05, 3.63) is 65.7 Å². The number of likely N-dealkylation sites (tertiary alicyclic amines) is 1. The van der Waals surface area contributed by atoms with Crippen LogP contribution in [0.4, 0.5) is 5.69 Å². The molecule has 1 heterocycles. The van der Waals surface area contributed by atoms with Gasteiger partial charge >= 0.3 is 0 Å². The molecule has 1 saturated heterocycles. The summed E-state index contributed by atoms with van der Waals surface area (Å²) in [6.45, 7) is 5.32. The van der Waals surface area contributed by atoms with Crippen LogP contribution < -0.4 is 5.32 Å². The number of hydrogen-bond acceptors (Lipinski definition) is 3. The summed E-state index contributed by atoms with van der Waals surface area (Å²) in [5, 5.41) is 2.95. The van der Waals surface area contributed by atoms with Crippen molar-refractivity contribution in [3.63, 3.8) is 0 Å². The molecule has 130 valence electrons. The molecular weight excluding hydrogens is 312 g/mol. The molecule has 2 aromatic rings.